The van der Waals surface area contributed by atoms with Gasteiger partial charge in [-0.15, -0.1) is 22.7 Å². The Balaban J connectivity index is 2.15. The maximum Gasteiger partial charge on any atom is 0.273 e. The molecule has 0 aromatic carbocycles. The summed E-state index contributed by atoms with van der Waals surface area (Å²) in [5, 5.41) is 5.45. The van der Waals surface area contributed by atoms with E-state index in [1.807, 2.05) is 26.2 Å². The van der Waals surface area contributed by atoms with E-state index in [2.05, 4.69) is 15.0 Å². The zero-order valence-electron chi connectivity index (χ0n) is 11.6. The van der Waals surface area contributed by atoms with Crippen LogP contribution in [0.4, 0.5) is 5.13 Å². The molecule has 0 aliphatic heterocycles. The third kappa shape index (κ3) is 3.57. The summed E-state index contributed by atoms with van der Waals surface area (Å²) in [4.78, 5) is 5.21. The largest absolute Gasteiger partial charge is 0.313 e. The maximum absolute atomic E-state index is 12.3. The second-order valence-electron chi connectivity index (χ2n) is 4.32. The first kappa shape index (κ1) is 15.4. The molecule has 2 aromatic rings. The molecule has 0 spiro atoms. The Morgan fingerprint density at radius 3 is 2.70 bits per heavy atom. The van der Waals surface area contributed by atoms with Crippen LogP contribution in [-0.2, 0) is 16.6 Å². The van der Waals surface area contributed by atoms with Gasteiger partial charge in [-0.05, 0) is 37.4 Å². The smallest absolute Gasteiger partial charge is 0.273 e. The Hall–Kier alpha value is -0.960. The normalized spacial score (nSPS) is 11.8. The Morgan fingerprint density at radius 2 is 2.10 bits per heavy atom. The summed E-state index contributed by atoms with van der Waals surface area (Å²) in [7, 11) is -3.53. The molecular formula is C12H17N3O2S3. The van der Waals surface area contributed by atoms with E-state index in [-0.39, 0.29) is 0 Å². The minimum absolute atomic E-state index is 0.316. The first-order valence-electron chi connectivity index (χ1n) is 6.17. The molecule has 2 N–H and O–H groups in total. The number of thiophene rings is 1. The van der Waals surface area contributed by atoms with E-state index in [9.17, 15) is 8.42 Å². The molecule has 0 fully saturated rings. The monoisotopic (exact) mass is 331 g/mol. The van der Waals surface area contributed by atoms with Gasteiger partial charge in [0.2, 0.25) is 0 Å². The molecule has 8 heteroatoms. The van der Waals surface area contributed by atoms with Gasteiger partial charge in [-0.3, -0.25) is 4.72 Å². The quantitative estimate of drug-likeness (QED) is 0.854. The molecule has 0 saturated carbocycles. The molecule has 20 heavy (non-hydrogen) atoms. The van der Waals surface area contributed by atoms with Crippen molar-refractivity contribution < 1.29 is 8.42 Å². The molecule has 110 valence electrons. The Bertz CT molecular complexity index is 669. The summed E-state index contributed by atoms with van der Waals surface area (Å²) in [5.41, 5.74) is 1.83. The number of hydrogen-bond acceptors (Lipinski definition) is 6. The topological polar surface area (TPSA) is 71.1 Å². The van der Waals surface area contributed by atoms with Crippen LogP contribution in [0.1, 0.15) is 23.1 Å². The van der Waals surface area contributed by atoms with Crippen molar-refractivity contribution in [2.24, 2.45) is 0 Å². The van der Waals surface area contributed by atoms with Crippen molar-refractivity contribution in [2.75, 3.05) is 11.3 Å². The molecule has 2 rings (SSSR count). The van der Waals surface area contributed by atoms with E-state index < -0.39 is 10.0 Å². The summed E-state index contributed by atoms with van der Waals surface area (Å²) in [6, 6.07) is 1.70. The number of rotatable bonds is 6. The van der Waals surface area contributed by atoms with E-state index in [0.29, 0.717) is 15.9 Å². The third-order valence-electron chi connectivity index (χ3n) is 2.72. The Kier molecular flexibility index (Phi) is 4.79. The number of nitrogens with zero attached hydrogens (tertiary/aromatic N) is 1. The van der Waals surface area contributed by atoms with Gasteiger partial charge in [-0.2, -0.15) is 0 Å². The van der Waals surface area contributed by atoms with Crippen molar-refractivity contribution in [2.45, 2.75) is 31.5 Å². The SMILES string of the molecule is CCNCc1csc(S(=O)(=O)Nc2nc(C)c(C)s2)c1. The van der Waals surface area contributed by atoms with Crippen LogP contribution < -0.4 is 10.0 Å². The fourth-order valence-electron chi connectivity index (χ4n) is 1.54. The van der Waals surface area contributed by atoms with Crippen LogP contribution in [-0.4, -0.2) is 19.9 Å². The Morgan fingerprint density at radius 1 is 1.35 bits per heavy atom. The van der Waals surface area contributed by atoms with Crippen LogP contribution in [0.3, 0.4) is 0 Å². The van der Waals surface area contributed by atoms with E-state index in [0.717, 1.165) is 22.7 Å². The highest BCUT2D eigenvalue weighted by Crippen LogP contribution is 2.26. The third-order valence-corrected chi connectivity index (χ3v) is 6.67. The second kappa shape index (κ2) is 6.21. The van der Waals surface area contributed by atoms with Crippen molar-refractivity contribution in [1.29, 1.82) is 0 Å². The zero-order valence-corrected chi connectivity index (χ0v) is 14.0. The molecule has 0 amide bonds. The molecule has 0 saturated heterocycles. The van der Waals surface area contributed by atoms with Crippen LogP contribution in [0, 0.1) is 13.8 Å². The molecule has 0 aliphatic carbocycles. The van der Waals surface area contributed by atoms with Gasteiger partial charge in [0.15, 0.2) is 5.13 Å². The lowest BCUT2D eigenvalue weighted by Crippen LogP contribution is -2.12. The van der Waals surface area contributed by atoms with Gasteiger partial charge >= 0.3 is 0 Å². The van der Waals surface area contributed by atoms with Gasteiger partial charge in [-0.25, -0.2) is 13.4 Å². The highest BCUT2D eigenvalue weighted by Gasteiger charge is 2.19. The number of aryl methyl sites for hydroxylation is 2. The fourth-order valence-corrected chi connectivity index (χ4v) is 4.80. The molecule has 5 nitrogen and oxygen atoms in total. The van der Waals surface area contributed by atoms with Gasteiger partial charge in [0.05, 0.1) is 5.69 Å². The second-order valence-corrected chi connectivity index (χ2v) is 8.34. The number of thiazole rings is 1. The summed E-state index contributed by atoms with van der Waals surface area (Å²) >= 11 is 2.57. The predicted molar refractivity (Wildman–Crippen MR) is 84.1 cm³/mol. The first-order chi connectivity index (χ1) is 9.42. The van der Waals surface area contributed by atoms with Crippen LogP contribution in [0.25, 0.3) is 0 Å². The highest BCUT2D eigenvalue weighted by molar-refractivity contribution is 7.94. The number of aromatic nitrogens is 1. The minimum atomic E-state index is -3.53. The predicted octanol–water partition coefficient (Wildman–Crippen LogP) is 2.73. The average molecular weight is 331 g/mol. The maximum atomic E-state index is 12.3. The van der Waals surface area contributed by atoms with Gasteiger partial charge in [-0.1, -0.05) is 6.92 Å². The minimum Gasteiger partial charge on any atom is -0.313 e. The van der Waals surface area contributed by atoms with Crippen LogP contribution >= 0.6 is 22.7 Å². The first-order valence-corrected chi connectivity index (χ1v) is 9.35. The van der Waals surface area contributed by atoms with E-state index >= 15 is 0 Å². The summed E-state index contributed by atoms with van der Waals surface area (Å²) in [6.45, 7) is 7.33. The lowest BCUT2D eigenvalue weighted by Gasteiger charge is -2.01. The van der Waals surface area contributed by atoms with Crippen molar-refractivity contribution in [3.8, 4) is 0 Å². The van der Waals surface area contributed by atoms with Crippen LogP contribution in [0.5, 0.6) is 0 Å². The molecule has 0 radical (unpaired) electrons. The van der Waals surface area contributed by atoms with Gasteiger partial charge in [0.1, 0.15) is 4.21 Å². The molecule has 2 heterocycles. The molecule has 2 aromatic heterocycles. The molecule has 0 bridgehead atoms. The van der Waals surface area contributed by atoms with Crippen LogP contribution in [0.2, 0.25) is 0 Å². The molecule has 0 unspecified atom stereocenters. The lowest BCUT2D eigenvalue weighted by molar-refractivity contribution is 0.603. The molecule has 0 aliphatic rings. The number of anilines is 1. The average Bonchev–Trinajstić information content (AvgIpc) is 2.95. The van der Waals surface area contributed by atoms with Crippen molar-refractivity contribution in [3.05, 3.63) is 27.6 Å². The number of nitrogens with one attached hydrogen (secondary N) is 2. The van der Waals surface area contributed by atoms with E-state index in [1.165, 1.54) is 22.7 Å². The zero-order chi connectivity index (χ0) is 14.8. The van der Waals surface area contributed by atoms with E-state index in [1.54, 1.807) is 6.07 Å². The number of sulfonamides is 1. The van der Waals surface area contributed by atoms with Crippen molar-refractivity contribution in [3.63, 3.8) is 0 Å². The standard InChI is InChI=1S/C12H17N3O2S3/c1-4-13-6-10-5-11(18-7-10)20(16,17)15-12-14-8(2)9(3)19-12/h5,7,13H,4,6H2,1-3H3,(H,14,15). The van der Waals surface area contributed by atoms with Crippen LogP contribution in [0.15, 0.2) is 15.7 Å². The summed E-state index contributed by atoms with van der Waals surface area (Å²) in [6.07, 6.45) is 0. The summed E-state index contributed by atoms with van der Waals surface area (Å²) < 4.78 is 27.4. The van der Waals surface area contributed by atoms with Gasteiger partial charge in [0.25, 0.3) is 10.0 Å². The van der Waals surface area contributed by atoms with Gasteiger partial charge < -0.3 is 5.32 Å². The highest BCUT2D eigenvalue weighted by atomic mass is 32.2. The lowest BCUT2D eigenvalue weighted by atomic mass is 10.3. The van der Waals surface area contributed by atoms with E-state index in [4.69, 9.17) is 0 Å². The van der Waals surface area contributed by atoms with Crippen molar-refractivity contribution >= 4 is 37.8 Å². The fraction of sp³-hybridized carbons (Fsp3) is 0.417. The summed E-state index contributed by atoms with van der Waals surface area (Å²) in [5.74, 6) is 0. The molecular weight excluding hydrogens is 314 g/mol. The van der Waals surface area contributed by atoms with Gasteiger partial charge in [0, 0.05) is 11.4 Å². The number of hydrogen-bond donors (Lipinski definition) is 2. The Labute approximate surface area is 127 Å². The van der Waals surface area contributed by atoms with Crippen molar-refractivity contribution in [1.82, 2.24) is 10.3 Å². The molecule has 0 atom stereocenters.